The number of furan rings is 1. The number of thiophene rings is 1. The van der Waals surface area contributed by atoms with E-state index in [0.717, 1.165) is 33.3 Å². The van der Waals surface area contributed by atoms with Crippen molar-refractivity contribution < 1.29 is 4.42 Å². The molecule has 6 aromatic carbocycles. The number of benzene rings is 6. The molecule has 0 aliphatic carbocycles. The lowest BCUT2D eigenvalue weighted by Crippen LogP contribution is -1.93. The van der Waals surface area contributed by atoms with Crippen LogP contribution in [0.15, 0.2) is 163 Å². The molecule has 6 heterocycles. The van der Waals surface area contributed by atoms with Crippen molar-refractivity contribution in [3.8, 4) is 22.5 Å². The van der Waals surface area contributed by atoms with Crippen LogP contribution in [0.4, 0.5) is 0 Å². The van der Waals surface area contributed by atoms with Crippen molar-refractivity contribution in [2.75, 3.05) is 0 Å². The molecule has 0 spiro atoms. The molecule has 0 aliphatic rings. The van der Waals surface area contributed by atoms with Crippen LogP contribution in [0.5, 0.6) is 0 Å². The normalized spacial score (nSPS) is 12.2. The summed E-state index contributed by atoms with van der Waals surface area (Å²) in [5, 5.41) is 9.47. The minimum Gasteiger partial charge on any atom is -0.456 e. The highest BCUT2D eigenvalue weighted by Gasteiger charge is 2.18. The number of para-hydroxylation sites is 2. The SMILES string of the molecule is c1ccc2c(c1)c1cc(-c3ccc4c(c3)c3ccccc3n4-c3ccc4sc5ccncc5c4c3)ccc1n2-c1ccc2oc3ccncc3c2c1. The van der Waals surface area contributed by atoms with Gasteiger partial charge < -0.3 is 13.6 Å². The number of hydrogen-bond acceptors (Lipinski definition) is 4. The maximum atomic E-state index is 6.12. The lowest BCUT2D eigenvalue weighted by atomic mass is 10.0. The van der Waals surface area contributed by atoms with Gasteiger partial charge in [-0.2, -0.15) is 0 Å². The van der Waals surface area contributed by atoms with E-state index in [4.69, 9.17) is 4.42 Å². The van der Waals surface area contributed by atoms with Gasteiger partial charge in [0.2, 0.25) is 0 Å². The van der Waals surface area contributed by atoms with Gasteiger partial charge in [0.05, 0.1) is 22.1 Å². The van der Waals surface area contributed by atoms with Crippen LogP contribution in [0.1, 0.15) is 0 Å². The van der Waals surface area contributed by atoms with Crippen molar-refractivity contribution in [3.63, 3.8) is 0 Å². The van der Waals surface area contributed by atoms with E-state index in [1.807, 2.05) is 36.0 Å². The monoisotopic (exact) mass is 682 g/mol. The topological polar surface area (TPSA) is 48.8 Å². The van der Waals surface area contributed by atoms with Gasteiger partial charge in [-0.05, 0) is 96.1 Å². The smallest absolute Gasteiger partial charge is 0.138 e. The van der Waals surface area contributed by atoms with Gasteiger partial charge in [0.25, 0.3) is 0 Å². The second-order valence-corrected chi connectivity index (χ2v) is 14.6. The van der Waals surface area contributed by atoms with Gasteiger partial charge in [-0.15, -0.1) is 11.3 Å². The minimum atomic E-state index is 0.851. The Morgan fingerprint density at radius 2 is 0.962 bits per heavy atom. The predicted octanol–water partition coefficient (Wildman–Crippen LogP) is 12.6. The highest BCUT2D eigenvalue weighted by Crippen LogP contribution is 2.41. The fourth-order valence-electron chi connectivity index (χ4n) is 8.36. The number of hydrogen-bond donors (Lipinski definition) is 0. The third-order valence-corrected chi connectivity index (χ3v) is 11.9. The summed E-state index contributed by atoms with van der Waals surface area (Å²) in [5.74, 6) is 0. The van der Waals surface area contributed by atoms with Crippen LogP contribution in [-0.4, -0.2) is 19.1 Å². The van der Waals surface area contributed by atoms with Gasteiger partial charge in [-0.3, -0.25) is 9.97 Å². The van der Waals surface area contributed by atoms with Gasteiger partial charge in [-0.25, -0.2) is 0 Å². The summed E-state index contributed by atoms with van der Waals surface area (Å²) in [5.41, 5.74) is 11.1. The number of pyridine rings is 2. The standard InChI is InChI=1S/C46H26N4OS/c1-3-7-39-31(5-1)33-21-27(9-13-41(33)49(39)29-11-15-43-35(23-29)37-25-47-19-17-44(37)51-43)28-10-14-42-34(22-28)32-6-2-4-8-40(32)50(42)30-12-16-45-36(24-30)38-26-48-20-18-46(38)52-45/h1-26H. The second-order valence-electron chi connectivity index (χ2n) is 13.5. The highest BCUT2D eigenvalue weighted by molar-refractivity contribution is 7.25. The molecule has 5 nitrogen and oxygen atoms in total. The molecule has 0 unspecified atom stereocenters. The number of fused-ring (bicyclic) bond motifs is 12. The molecule has 0 fully saturated rings. The quantitative estimate of drug-likeness (QED) is 0.186. The molecule has 0 bridgehead atoms. The summed E-state index contributed by atoms with van der Waals surface area (Å²) in [6, 6.07) is 48.5. The van der Waals surface area contributed by atoms with Gasteiger partial charge in [0, 0.05) is 88.7 Å². The summed E-state index contributed by atoms with van der Waals surface area (Å²) in [6.07, 6.45) is 7.53. The fourth-order valence-corrected chi connectivity index (χ4v) is 9.41. The van der Waals surface area contributed by atoms with Gasteiger partial charge >= 0.3 is 0 Å². The zero-order valence-electron chi connectivity index (χ0n) is 27.6. The first kappa shape index (κ1) is 28.0. The summed E-state index contributed by atoms with van der Waals surface area (Å²) in [7, 11) is 0. The fraction of sp³-hybridized carbons (Fsp3) is 0. The molecule has 12 aromatic rings. The van der Waals surface area contributed by atoms with E-state index in [1.54, 1.807) is 6.20 Å². The van der Waals surface area contributed by atoms with Crippen molar-refractivity contribution >= 4 is 97.1 Å². The van der Waals surface area contributed by atoms with Gasteiger partial charge in [0.1, 0.15) is 11.2 Å². The van der Waals surface area contributed by atoms with Gasteiger partial charge in [0.15, 0.2) is 0 Å². The molecule has 6 heteroatoms. The van der Waals surface area contributed by atoms with E-state index in [9.17, 15) is 0 Å². The molecule has 0 amide bonds. The number of rotatable bonds is 3. The minimum absolute atomic E-state index is 0.851. The molecule has 242 valence electrons. The molecule has 0 aliphatic heterocycles. The van der Waals surface area contributed by atoms with Crippen LogP contribution in [0.25, 0.3) is 108 Å². The van der Waals surface area contributed by atoms with E-state index in [-0.39, 0.29) is 0 Å². The Morgan fingerprint density at radius 3 is 1.67 bits per heavy atom. The molecule has 6 aromatic heterocycles. The summed E-state index contributed by atoms with van der Waals surface area (Å²) in [4.78, 5) is 8.80. The first-order chi connectivity index (χ1) is 25.8. The first-order valence-electron chi connectivity index (χ1n) is 17.4. The van der Waals surface area contributed by atoms with Crippen molar-refractivity contribution in [3.05, 3.63) is 158 Å². The zero-order chi connectivity index (χ0) is 33.9. The van der Waals surface area contributed by atoms with Crippen LogP contribution >= 0.6 is 11.3 Å². The molecule has 12 rings (SSSR count). The van der Waals surface area contributed by atoms with E-state index in [0.29, 0.717) is 0 Å². The summed E-state index contributed by atoms with van der Waals surface area (Å²) in [6.45, 7) is 0. The Labute approximate surface area is 300 Å². The Kier molecular flexibility index (Phi) is 5.59. The van der Waals surface area contributed by atoms with Crippen LogP contribution in [0.2, 0.25) is 0 Å². The van der Waals surface area contributed by atoms with E-state index in [2.05, 4.69) is 146 Å². The van der Waals surface area contributed by atoms with Crippen LogP contribution in [0.3, 0.4) is 0 Å². The average molecular weight is 683 g/mol. The van der Waals surface area contributed by atoms with E-state index in [1.165, 1.54) is 74.9 Å². The third-order valence-electron chi connectivity index (χ3n) is 10.7. The van der Waals surface area contributed by atoms with Crippen molar-refractivity contribution in [1.29, 1.82) is 0 Å². The zero-order valence-corrected chi connectivity index (χ0v) is 28.4. The van der Waals surface area contributed by atoms with E-state index < -0.39 is 0 Å². The van der Waals surface area contributed by atoms with Crippen LogP contribution in [0, 0.1) is 0 Å². The molecule has 52 heavy (non-hydrogen) atoms. The second kappa shape index (κ2) is 10.4. The van der Waals surface area contributed by atoms with Gasteiger partial charge in [-0.1, -0.05) is 48.5 Å². The van der Waals surface area contributed by atoms with Crippen molar-refractivity contribution in [1.82, 2.24) is 19.1 Å². The molecule has 0 saturated heterocycles. The number of aromatic nitrogens is 4. The maximum absolute atomic E-state index is 6.12. The largest absolute Gasteiger partial charge is 0.456 e. The van der Waals surface area contributed by atoms with Crippen LogP contribution < -0.4 is 0 Å². The first-order valence-corrected chi connectivity index (χ1v) is 18.2. The highest BCUT2D eigenvalue weighted by atomic mass is 32.1. The molecule has 0 radical (unpaired) electrons. The molecule has 0 saturated carbocycles. The summed E-state index contributed by atoms with van der Waals surface area (Å²) < 4.78 is 13.4. The Balaban J connectivity index is 1.03. The predicted molar refractivity (Wildman–Crippen MR) is 216 cm³/mol. The number of nitrogens with zero attached hydrogens (tertiary/aromatic N) is 4. The average Bonchev–Trinajstić information content (AvgIpc) is 3.94. The van der Waals surface area contributed by atoms with Crippen LogP contribution in [-0.2, 0) is 0 Å². The molecule has 0 atom stereocenters. The Hall–Kier alpha value is -6.76. The Bertz CT molecular complexity index is 3200. The van der Waals surface area contributed by atoms with Crippen molar-refractivity contribution in [2.24, 2.45) is 0 Å². The summed E-state index contributed by atoms with van der Waals surface area (Å²) >= 11 is 1.82. The lowest BCUT2D eigenvalue weighted by molar-refractivity contribution is 0.668. The lowest BCUT2D eigenvalue weighted by Gasteiger charge is -2.10. The van der Waals surface area contributed by atoms with E-state index >= 15 is 0 Å². The maximum Gasteiger partial charge on any atom is 0.138 e. The molecular formula is C46H26N4OS. The molecular weight excluding hydrogens is 657 g/mol. The Morgan fingerprint density at radius 1 is 0.404 bits per heavy atom. The molecule has 0 N–H and O–H groups in total. The third kappa shape index (κ3) is 3.87. The van der Waals surface area contributed by atoms with Crippen molar-refractivity contribution in [2.45, 2.75) is 0 Å².